The average molecular weight is 362 g/mol. The molecule has 8 heteroatoms. The summed E-state index contributed by atoms with van der Waals surface area (Å²) in [5.74, 6) is -1.35. The molecule has 1 aromatic carbocycles. The van der Waals surface area contributed by atoms with Crippen molar-refractivity contribution in [3.63, 3.8) is 0 Å². The minimum atomic E-state index is -0.649. The van der Waals surface area contributed by atoms with Gasteiger partial charge in [0.1, 0.15) is 12.4 Å². The largest absolute Gasteiger partial charge is 0.466 e. The van der Waals surface area contributed by atoms with Crippen LogP contribution in [0.25, 0.3) is 0 Å². The van der Waals surface area contributed by atoms with E-state index in [1.54, 1.807) is 18.0 Å². The Morgan fingerprint density at radius 3 is 2.58 bits per heavy atom. The van der Waals surface area contributed by atoms with E-state index in [-0.39, 0.29) is 30.5 Å². The van der Waals surface area contributed by atoms with E-state index in [1.807, 2.05) is 18.2 Å². The van der Waals surface area contributed by atoms with Gasteiger partial charge in [-0.25, -0.2) is 9.59 Å². The third kappa shape index (κ3) is 4.40. The van der Waals surface area contributed by atoms with Gasteiger partial charge >= 0.3 is 11.9 Å². The Hall–Kier alpha value is -2.87. The number of nitrogens with one attached hydrogen (secondary N) is 1. The molecule has 1 amide bonds. The molecule has 0 fully saturated rings. The average Bonchev–Trinajstić information content (AvgIpc) is 2.70. The first-order valence-corrected chi connectivity index (χ1v) is 8.06. The van der Waals surface area contributed by atoms with E-state index in [2.05, 4.69) is 5.32 Å². The summed E-state index contributed by atoms with van der Waals surface area (Å²) in [7, 11) is 4.08. The molecule has 8 nitrogen and oxygen atoms in total. The number of carbonyl (C=O) groups excluding carboxylic acids is 3. The molecule has 26 heavy (non-hydrogen) atoms. The van der Waals surface area contributed by atoms with Crippen LogP contribution >= 0.6 is 0 Å². The number of anilines is 1. The van der Waals surface area contributed by atoms with Gasteiger partial charge in [-0.15, -0.1) is 0 Å². The summed E-state index contributed by atoms with van der Waals surface area (Å²) < 4.78 is 15.0. The maximum absolute atomic E-state index is 12.3. The van der Waals surface area contributed by atoms with Crippen molar-refractivity contribution in [3.05, 3.63) is 41.1 Å². The van der Waals surface area contributed by atoms with Crippen molar-refractivity contribution >= 4 is 23.5 Å². The van der Waals surface area contributed by atoms with Crippen molar-refractivity contribution in [2.45, 2.75) is 12.8 Å². The first-order valence-electron chi connectivity index (χ1n) is 8.06. The summed E-state index contributed by atoms with van der Waals surface area (Å²) in [6, 6.07) is 7.33. The number of rotatable bonds is 6. The van der Waals surface area contributed by atoms with Crippen molar-refractivity contribution < 1.29 is 28.6 Å². The molecular formula is C18H22N2O6. The van der Waals surface area contributed by atoms with Crippen molar-refractivity contribution in [1.82, 2.24) is 5.32 Å². The minimum Gasteiger partial charge on any atom is -0.466 e. The molecule has 0 atom stereocenters. The minimum absolute atomic E-state index is 0.0377. The Bertz CT molecular complexity index is 728. The zero-order chi connectivity index (χ0) is 19.1. The van der Waals surface area contributed by atoms with Gasteiger partial charge in [0, 0.05) is 19.2 Å². The van der Waals surface area contributed by atoms with Gasteiger partial charge < -0.3 is 24.4 Å². The highest BCUT2D eigenvalue weighted by Gasteiger charge is 2.32. The molecule has 1 aromatic rings. The maximum Gasteiger partial charge on any atom is 0.355 e. The van der Waals surface area contributed by atoms with E-state index in [0.717, 1.165) is 5.56 Å². The van der Waals surface area contributed by atoms with Crippen LogP contribution in [0.3, 0.4) is 0 Å². The Morgan fingerprint density at radius 1 is 1.19 bits per heavy atom. The number of methoxy groups -OCH3 is 2. The van der Waals surface area contributed by atoms with E-state index in [9.17, 15) is 14.4 Å². The number of carbonyl (C=O) groups is 3. The van der Waals surface area contributed by atoms with Gasteiger partial charge in [-0.05, 0) is 24.1 Å². The second kappa shape index (κ2) is 9.00. The third-order valence-electron chi connectivity index (χ3n) is 3.97. The van der Waals surface area contributed by atoms with Crippen LogP contribution in [0.2, 0.25) is 0 Å². The predicted molar refractivity (Wildman–Crippen MR) is 93.2 cm³/mol. The summed E-state index contributed by atoms with van der Waals surface area (Å²) in [5, 5.41) is 2.58. The van der Waals surface area contributed by atoms with Gasteiger partial charge in [0.25, 0.3) is 0 Å². The zero-order valence-corrected chi connectivity index (χ0v) is 15.0. The molecule has 140 valence electrons. The van der Waals surface area contributed by atoms with Crippen molar-refractivity contribution in [2.24, 2.45) is 0 Å². The van der Waals surface area contributed by atoms with Gasteiger partial charge in [-0.2, -0.15) is 0 Å². The molecule has 0 saturated carbocycles. The summed E-state index contributed by atoms with van der Waals surface area (Å²) >= 11 is 0. The molecule has 1 aliphatic rings. The highest BCUT2D eigenvalue weighted by molar-refractivity contribution is 6.03. The number of ether oxygens (including phenoxy) is 3. The number of esters is 2. The summed E-state index contributed by atoms with van der Waals surface area (Å²) in [6.07, 6.45) is 0.896. The smallest absolute Gasteiger partial charge is 0.355 e. The molecule has 0 saturated heterocycles. The van der Waals surface area contributed by atoms with Crippen LogP contribution in [0.5, 0.6) is 0 Å². The molecule has 0 unspecified atom stereocenters. The van der Waals surface area contributed by atoms with Crippen LogP contribution in [-0.2, 0) is 35.0 Å². The second-order valence-corrected chi connectivity index (χ2v) is 5.56. The van der Waals surface area contributed by atoms with Crippen LogP contribution in [-0.4, -0.2) is 52.5 Å². The molecule has 2 rings (SSSR count). The molecule has 1 N–H and O–H groups in total. The number of hydrogen-bond donors (Lipinski definition) is 1. The third-order valence-corrected chi connectivity index (χ3v) is 3.97. The Labute approximate surface area is 151 Å². The SMILES string of the molecule is CNC(=O)CCc1cccc(N2COCC(C(=O)OC)=C2C(=O)OC)c1. The van der Waals surface area contributed by atoms with E-state index in [1.165, 1.54) is 14.2 Å². The number of benzene rings is 1. The van der Waals surface area contributed by atoms with Crippen LogP contribution in [0.15, 0.2) is 35.5 Å². The summed E-state index contributed by atoms with van der Waals surface area (Å²) in [6.45, 7) is 0.0494. The molecular weight excluding hydrogens is 340 g/mol. The zero-order valence-electron chi connectivity index (χ0n) is 15.0. The first kappa shape index (κ1) is 19.5. The Morgan fingerprint density at radius 2 is 1.92 bits per heavy atom. The quantitative estimate of drug-likeness (QED) is 0.747. The number of hydrogen-bond acceptors (Lipinski definition) is 7. The van der Waals surface area contributed by atoms with Crippen LogP contribution < -0.4 is 10.2 Å². The second-order valence-electron chi connectivity index (χ2n) is 5.56. The monoisotopic (exact) mass is 362 g/mol. The molecule has 0 aliphatic carbocycles. The molecule has 1 heterocycles. The van der Waals surface area contributed by atoms with Crippen molar-refractivity contribution in [2.75, 3.05) is 39.5 Å². The molecule has 0 bridgehead atoms. The van der Waals surface area contributed by atoms with E-state index >= 15 is 0 Å². The van der Waals surface area contributed by atoms with Crippen molar-refractivity contribution in [3.8, 4) is 0 Å². The van der Waals surface area contributed by atoms with Gasteiger partial charge in [-0.3, -0.25) is 4.79 Å². The molecule has 1 aliphatic heterocycles. The molecule has 0 spiro atoms. The molecule has 0 radical (unpaired) electrons. The number of amides is 1. The topological polar surface area (TPSA) is 94.2 Å². The lowest BCUT2D eigenvalue weighted by atomic mass is 10.1. The summed E-state index contributed by atoms with van der Waals surface area (Å²) in [5.41, 5.74) is 1.76. The fourth-order valence-corrected chi connectivity index (χ4v) is 2.61. The van der Waals surface area contributed by atoms with Crippen LogP contribution in [0.4, 0.5) is 5.69 Å². The standard InChI is InChI=1S/C18H22N2O6/c1-19-15(21)8-7-12-5-4-6-13(9-12)20-11-26-10-14(17(22)24-2)16(20)18(23)25-3/h4-6,9H,7-8,10-11H2,1-3H3,(H,19,21). The van der Waals surface area contributed by atoms with E-state index < -0.39 is 11.9 Å². The lowest BCUT2D eigenvalue weighted by molar-refractivity contribution is -0.140. The van der Waals surface area contributed by atoms with E-state index in [0.29, 0.717) is 18.5 Å². The van der Waals surface area contributed by atoms with Gasteiger partial charge in [-0.1, -0.05) is 12.1 Å². The number of nitrogens with zero attached hydrogens (tertiary/aromatic N) is 1. The highest BCUT2D eigenvalue weighted by Crippen LogP contribution is 2.27. The first-order chi connectivity index (χ1) is 12.5. The lowest BCUT2D eigenvalue weighted by Crippen LogP contribution is -2.38. The van der Waals surface area contributed by atoms with Crippen LogP contribution in [0.1, 0.15) is 12.0 Å². The maximum atomic E-state index is 12.3. The normalized spacial score (nSPS) is 14.0. The fourth-order valence-electron chi connectivity index (χ4n) is 2.61. The van der Waals surface area contributed by atoms with Gasteiger partial charge in [0.05, 0.1) is 26.4 Å². The van der Waals surface area contributed by atoms with Crippen molar-refractivity contribution in [1.29, 1.82) is 0 Å². The fraction of sp³-hybridized carbons (Fsp3) is 0.389. The summed E-state index contributed by atoms with van der Waals surface area (Å²) in [4.78, 5) is 37.3. The molecule has 0 aromatic heterocycles. The Kier molecular flexibility index (Phi) is 6.74. The van der Waals surface area contributed by atoms with Gasteiger partial charge in [0.15, 0.2) is 0 Å². The number of aryl methyl sites for hydroxylation is 1. The lowest BCUT2D eigenvalue weighted by Gasteiger charge is -2.31. The highest BCUT2D eigenvalue weighted by atomic mass is 16.5. The Balaban J connectivity index is 2.37. The van der Waals surface area contributed by atoms with Gasteiger partial charge in [0.2, 0.25) is 5.91 Å². The predicted octanol–water partition coefficient (Wildman–Crippen LogP) is 0.759. The van der Waals surface area contributed by atoms with Crippen LogP contribution in [0, 0.1) is 0 Å². The van der Waals surface area contributed by atoms with E-state index in [4.69, 9.17) is 14.2 Å².